The molecule has 4 aliphatic carbocycles. The first-order valence-corrected chi connectivity index (χ1v) is 9.39. The molecule has 6 heteroatoms. The summed E-state index contributed by atoms with van der Waals surface area (Å²) in [4.78, 5) is 12.8. The first-order chi connectivity index (χ1) is 12.2. The molecule has 4 fully saturated rings. The van der Waals surface area contributed by atoms with Gasteiger partial charge in [-0.15, -0.1) is 0 Å². The molecule has 0 aromatic heterocycles. The third-order valence-corrected chi connectivity index (χ3v) is 6.60. The van der Waals surface area contributed by atoms with Crippen molar-refractivity contribution < 1.29 is 23.1 Å². The average Bonchev–Trinajstić information content (AvgIpc) is 2.57. The molecular weight excluding hydrogens is 343 g/mol. The standard InChI is InChI=1S/C20H24F3NO2/c21-20(22,23)16-3-1-15(2-4-16)17(25)11-24-18(26)19-8-12-5-13(9-19)7-14(6-12)10-19/h1-4,12-14,17,25H,5-11H2,(H,24,26). The third-order valence-electron chi connectivity index (χ3n) is 6.60. The van der Waals surface area contributed by atoms with Crippen molar-refractivity contribution in [1.29, 1.82) is 0 Å². The number of carbonyl (C=O) groups is 1. The van der Waals surface area contributed by atoms with E-state index in [2.05, 4.69) is 5.32 Å². The van der Waals surface area contributed by atoms with Gasteiger partial charge in [-0.05, 0) is 74.0 Å². The minimum Gasteiger partial charge on any atom is -0.387 e. The van der Waals surface area contributed by atoms with Crippen LogP contribution >= 0.6 is 0 Å². The van der Waals surface area contributed by atoms with Crippen LogP contribution in [0.5, 0.6) is 0 Å². The molecular formula is C20H24F3NO2. The van der Waals surface area contributed by atoms with Gasteiger partial charge < -0.3 is 10.4 Å². The maximum Gasteiger partial charge on any atom is 0.416 e. The molecule has 4 saturated carbocycles. The lowest BCUT2D eigenvalue weighted by Crippen LogP contribution is -2.54. The second kappa shape index (κ2) is 6.25. The number of nitrogens with one attached hydrogen (secondary N) is 1. The highest BCUT2D eigenvalue weighted by atomic mass is 19.4. The van der Waals surface area contributed by atoms with Crippen molar-refractivity contribution in [1.82, 2.24) is 5.32 Å². The molecule has 1 unspecified atom stereocenters. The van der Waals surface area contributed by atoms with E-state index >= 15 is 0 Å². The zero-order valence-corrected chi connectivity index (χ0v) is 14.6. The number of hydrogen-bond donors (Lipinski definition) is 2. The fourth-order valence-electron chi connectivity index (χ4n) is 5.78. The van der Waals surface area contributed by atoms with Crippen LogP contribution in [0.2, 0.25) is 0 Å². The Hall–Kier alpha value is -1.56. The summed E-state index contributed by atoms with van der Waals surface area (Å²) in [5, 5.41) is 13.1. The predicted octanol–water partition coefficient (Wildman–Crippen LogP) is 4.07. The van der Waals surface area contributed by atoms with E-state index in [9.17, 15) is 23.1 Å². The number of alkyl halides is 3. The smallest absolute Gasteiger partial charge is 0.387 e. The van der Waals surface area contributed by atoms with Gasteiger partial charge in [0.15, 0.2) is 0 Å². The Morgan fingerprint density at radius 3 is 2.04 bits per heavy atom. The summed E-state index contributed by atoms with van der Waals surface area (Å²) in [6.45, 7) is 0.0337. The molecule has 0 aliphatic heterocycles. The van der Waals surface area contributed by atoms with Gasteiger partial charge in [-0.3, -0.25) is 4.79 Å². The highest BCUT2D eigenvalue weighted by Gasteiger charge is 2.54. The molecule has 5 rings (SSSR count). The average molecular weight is 367 g/mol. The van der Waals surface area contributed by atoms with Crippen LogP contribution in [-0.2, 0) is 11.0 Å². The van der Waals surface area contributed by atoms with Crippen molar-refractivity contribution in [3.05, 3.63) is 35.4 Å². The monoisotopic (exact) mass is 367 g/mol. The zero-order valence-electron chi connectivity index (χ0n) is 14.6. The molecule has 3 nitrogen and oxygen atoms in total. The van der Waals surface area contributed by atoms with Gasteiger partial charge in [0.2, 0.25) is 5.91 Å². The SMILES string of the molecule is O=C(NCC(O)c1ccc(C(F)(F)F)cc1)C12CC3CC(CC(C3)C1)C2. The molecule has 26 heavy (non-hydrogen) atoms. The molecule has 1 aromatic rings. The van der Waals surface area contributed by atoms with E-state index in [1.54, 1.807) is 0 Å². The number of halogens is 3. The molecule has 0 saturated heterocycles. The van der Waals surface area contributed by atoms with E-state index in [0.717, 1.165) is 31.4 Å². The van der Waals surface area contributed by atoms with E-state index in [4.69, 9.17) is 0 Å². The second-order valence-electron chi connectivity index (χ2n) is 8.54. The molecule has 1 atom stereocenters. The number of hydrogen-bond acceptors (Lipinski definition) is 2. The largest absolute Gasteiger partial charge is 0.416 e. The van der Waals surface area contributed by atoms with E-state index in [1.165, 1.54) is 31.4 Å². The van der Waals surface area contributed by atoms with Gasteiger partial charge in [-0.25, -0.2) is 0 Å². The molecule has 4 bridgehead atoms. The maximum absolute atomic E-state index is 12.8. The minimum absolute atomic E-state index is 0.0163. The van der Waals surface area contributed by atoms with Gasteiger partial charge in [0.1, 0.15) is 0 Å². The Labute approximate surface area is 151 Å². The topological polar surface area (TPSA) is 49.3 Å². The van der Waals surface area contributed by atoms with E-state index in [-0.39, 0.29) is 17.9 Å². The van der Waals surface area contributed by atoms with Crippen LogP contribution in [0.25, 0.3) is 0 Å². The predicted molar refractivity (Wildman–Crippen MR) is 90.0 cm³/mol. The molecule has 1 amide bonds. The molecule has 0 spiro atoms. The lowest BCUT2D eigenvalue weighted by molar-refractivity contribution is -0.146. The first kappa shape index (κ1) is 17.8. The van der Waals surface area contributed by atoms with Crippen molar-refractivity contribution in [2.24, 2.45) is 23.2 Å². The number of carbonyl (C=O) groups excluding carboxylic acids is 1. The van der Waals surface area contributed by atoms with Gasteiger partial charge in [-0.2, -0.15) is 13.2 Å². The van der Waals surface area contributed by atoms with Crippen LogP contribution in [-0.4, -0.2) is 17.6 Å². The summed E-state index contributed by atoms with van der Waals surface area (Å²) < 4.78 is 37.8. The Morgan fingerprint density at radius 1 is 1.08 bits per heavy atom. The van der Waals surface area contributed by atoms with Crippen molar-refractivity contribution in [2.45, 2.75) is 50.8 Å². The third kappa shape index (κ3) is 3.24. The summed E-state index contributed by atoms with van der Waals surface area (Å²) in [5.41, 5.74) is -0.649. The fraction of sp³-hybridized carbons (Fsp3) is 0.650. The van der Waals surface area contributed by atoms with Crippen LogP contribution in [0.15, 0.2) is 24.3 Å². The summed E-state index contributed by atoms with van der Waals surface area (Å²) in [7, 11) is 0. The number of aliphatic hydroxyl groups is 1. The number of amides is 1. The molecule has 1 aromatic carbocycles. The Kier molecular flexibility index (Phi) is 4.29. The first-order valence-electron chi connectivity index (χ1n) is 9.39. The van der Waals surface area contributed by atoms with Crippen LogP contribution in [0.1, 0.15) is 55.8 Å². The van der Waals surface area contributed by atoms with E-state index in [0.29, 0.717) is 23.3 Å². The molecule has 4 aliphatic rings. The summed E-state index contributed by atoms with van der Waals surface area (Å²) in [5.74, 6) is 1.99. The normalized spacial score (nSPS) is 33.9. The van der Waals surface area contributed by atoms with Gasteiger partial charge in [-0.1, -0.05) is 12.1 Å². The lowest BCUT2D eigenvalue weighted by Gasteiger charge is -2.55. The molecule has 0 radical (unpaired) electrons. The maximum atomic E-state index is 12.8. The van der Waals surface area contributed by atoms with Gasteiger partial charge in [0.25, 0.3) is 0 Å². The van der Waals surface area contributed by atoms with Gasteiger partial charge in [0.05, 0.1) is 11.7 Å². The number of rotatable bonds is 4. The van der Waals surface area contributed by atoms with E-state index in [1.807, 2.05) is 0 Å². The van der Waals surface area contributed by atoms with Gasteiger partial charge in [0, 0.05) is 12.0 Å². The van der Waals surface area contributed by atoms with Crippen LogP contribution < -0.4 is 5.32 Å². The Balaban J connectivity index is 1.37. The Bertz CT molecular complexity index is 648. The van der Waals surface area contributed by atoms with Crippen molar-refractivity contribution in [3.63, 3.8) is 0 Å². The van der Waals surface area contributed by atoms with Crippen molar-refractivity contribution >= 4 is 5.91 Å². The van der Waals surface area contributed by atoms with Gasteiger partial charge >= 0.3 is 6.18 Å². The minimum atomic E-state index is -4.39. The summed E-state index contributed by atoms with van der Waals surface area (Å²) in [6.07, 6.45) is 1.19. The van der Waals surface area contributed by atoms with Crippen molar-refractivity contribution in [2.75, 3.05) is 6.54 Å². The molecule has 0 heterocycles. The summed E-state index contributed by atoms with van der Waals surface area (Å²) >= 11 is 0. The Morgan fingerprint density at radius 2 is 1.58 bits per heavy atom. The van der Waals surface area contributed by atoms with E-state index < -0.39 is 17.8 Å². The highest BCUT2D eigenvalue weighted by molar-refractivity contribution is 5.83. The fourth-order valence-corrected chi connectivity index (χ4v) is 5.78. The lowest BCUT2D eigenvalue weighted by atomic mass is 9.49. The quantitative estimate of drug-likeness (QED) is 0.843. The molecule has 142 valence electrons. The second-order valence-corrected chi connectivity index (χ2v) is 8.54. The molecule has 2 N–H and O–H groups in total. The van der Waals surface area contributed by atoms with Crippen LogP contribution in [0.4, 0.5) is 13.2 Å². The van der Waals surface area contributed by atoms with Crippen molar-refractivity contribution in [3.8, 4) is 0 Å². The number of aliphatic hydroxyl groups excluding tert-OH is 1. The zero-order chi connectivity index (χ0) is 18.5. The van der Waals surface area contributed by atoms with Crippen LogP contribution in [0, 0.1) is 23.2 Å². The highest BCUT2D eigenvalue weighted by Crippen LogP contribution is 2.60. The van der Waals surface area contributed by atoms with Crippen LogP contribution in [0.3, 0.4) is 0 Å². The number of benzene rings is 1. The summed E-state index contributed by atoms with van der Waals surface area (Å²) in [6, 6.07) is 4.45.